The lowest BCUT2D eigenvalue weighted by Gasteiger charge is -2.11. The van der Waals surface area contributed by atoms with Crippen LogP contribution in [0.15, 0.2) is 33.8 Å². The maximum absolute atomic E-state index is 11.5. The van der Waals surface area contributed by atoms with E-state index in [9.17, 15) is 9.90 Å². The molecule has 0 saturated heterocycles. The molecule has 0 aliphatic carbocycles. The van der Waals surface area contributed by atoms with E-state index in [1.54, 1.807) is 11.3 Å². The topological polar surface area (TPSA) is 75.7 Å². The lowest BCUT2D eigenvalue weighted by Crippen LogP contribution is -2.09. The second kappa shape index (κ2) is 6.62. The Morgan fingerprint density at radius 3 is 2.59 bits per heavy atom. The van der Waals surface area contributed by atoms with E-state index in [0.717, 1.165) is 38.5 Å². The number of thiophene rings is 1. The molecule has 4 rings (SSSR count). The molecule has 27 heavy (non-hydrogen) atoms. The van der Waals surface area contributed by atoms with Crippen molar-refractivity contribution in [1.82, 2.24) is 5.16 Å². The molecule has 0 fully saturated rings. The Bertz CT molecular complexity index is 1080. The summed E-state index contributed by atoms with van der Waals surface area (Å²) in [6.07, 6.45) is -0.161. The maximum atomic E-state index is 11.5. The molecule has 0 unspecified atom stereocenters. The molecule has 1 atom stereocenters. The predicted octanol–water partition coefficient (Wildman–Crippen LogP) is 5.35. The van der Waals surface area contributed by atoms with E-state index in [0.29, 0.717) is 10.8 Å². The molecule has 0 spiro atoms. The Morgan fingerprint density at radius 2 is 1.93 bits per heavy atom. The number of carboxylic acids is 1. The number of aromatic nitrogens is 1. The highest BCUT2D eigenvalue weighted by atomic mass is 35.5. The van der Waals surface area contributed by atoms with E-state index in [2.05, 4.69) is 19.0 Å². The van der Waals surface area contributed by atoms with Crippen LogP contribution in [0.4, 0.5) is 0 Å². The van der Waals surface area contributed by atoms with Gasteiger partial charge in [-0.3, -0.25) is 9.79 Å². The summed E-state index contributed by atoms with van der Waals surface area (Å²) in [6, 6.07) is 6.81. The summed E-state index contributed by atoms with van der Waals surface area (Å²) in [4.78, 5) is 18.5. The minimum Gasteiger partial charge on any atom is -0.481 e. The quantitative estimate of drug-likeness (QED) is 0.643. The first-order valence-electron chi connectivity index (χ1n) is 8.49. The largest absolute Gasteiger partial charge is 0.481 e. The van der Waals surface area contributed by atoms with Crippen molar-refractivity contribution in [2.24, 2.45) is 4.99 Å². The van der Waals surface area contributed by atoms with Crippen LogP contribution in [-0.2, 0) is 4.79 Å². The average Bonchev–Trinajstić information content (AvgIpc) is 3.08. The van der Waals surface area contributed by atoms with E-state index in [1.807, 2.05) is 31.2 Å². The Hall–Kier alpha value is -2.44. The van der Waals surface area contributed by atoms with Gasteiger partial charge in [0.15, 0.2) is 5.76 Å². The predicted molar refractivity (Wildman–Crippen MR) is 106 cm³/mol. The van der Waals surface area contributed by atoms with Crippen LogP contribution < -0.4 is 0 Å². The van der Waals surface area contributed by atoms with Crippen LogP contribution in [0.25, 0.3) is 10.4 Å². The van der Waals surface area contributed by atoms with Crippen LogP contribution in [0.2, 0.25) is 5.02 Å². The summed E-state index contributed by atoms with van der Waals surface area (Å²) in [5, 5.41) is 14.1. The Balaban J connectivity index is 2.04. The highest BCUT2D eigenvalue weighted by Gasteiger charge is 2.34. The molecule has 1 aliphatic heterocycles. The van der Waals surface area contributed by atoms with Crippen LogP contribution in [0.5, 0.6) is 0 Å². The number of carbonyl (C=O) groups is 1. The van der Waals surface area contributed by atoms with Gasteiger partial charge in [0.05, 0.1) is 23.4 Å². The normalized spacial score (nSPS) is 15.7. The van der Waals surface area contributed by atoms with E-state index >= 15 is 0 Å². The molecule has 1 aliphatic rings. The summed E-state index contributed by atoms with van der Waals surface area (Å²) in [6.45, 7) is 6.02. The van der Waals surface area contributed by atoms with Crippen molar-refractivity contribution >= 4 is 34.6 Å². The molecule has 0 saturated carbocycles. The molecule has 5 nitrogen and oxygen atoms in total. The zero-order chi connectivity index (χ0) is 19.3. The highest BCUT2D eigenvalue weighted by Crippen LogP contribution is 2.46. The Labute approximate surface area is 165 Å². The number of nitrogens with zero attached hydrogens (tertiary/aromatic N) is 2. The summed E-state index contributed by atoms with van der Waals surface area (Å²) >= 11 is 7.71. The van der Waals surface area contributed by atoms with Gasteiger partial charge in [-0.2, -0.15) is 0 Å². The zero-order valence-corrected chi connectivity index (χ0v) is 16.6. The van der Waals surface area contributed by atoms with Gasteiger partial charge in [-0.15, -0.1) is 11.3 Å². The van der Waals surface area contributed by atoms with E-state index < -0.39 is 12.0 Å². The van der Waals surface area contributed by atoms with E-state index in [1.165, 1.54) is 4.88 Å². The number of aryl methyl sites for hydroxylation is 2. The van der Waals surface area contributed by atoms with Crippen molar-refractivity contribution in [1.29, 1.82) is 0 Å². The van der Waals surface area contributed by atoms with Crippen LogP contribution in [0.3, 0.4) is 0 Å². The second-order valence-electron chi connectivity index (χ2n) is 6.59. The number of hydrogen-bond donors (Lipinski definition) is 1. The van der Waals surface area contributed by atoms with Gasteiger partial charge < -0.3 is 9.63 Å². The lowest BCUT2D eigenvalue weighted by atomic mass is 9.96. The van der Waals surface area contributed by atoms with E-state index in [-0.39, 0.29) is 6.42 Å². The first-order chi connectivity index (χ1) is 12.9. The number of hydrogen-bond acceptors (Lipinski definition) is 5. The number of fused-ring (bicyclic) bond motifs is 3. The summed E-state index contributed by atoms with van der Waals surface area (Å²) in [5.74, 6) is -0.418. The number of aliphatic imine (C=N–C) groups is 1. The minimum atomic E-state index is -0.933. The molecule has 2 aromatic heterocycles. The molecule has 1 aromatic carbocycles. The van der Waals surface area contributed by atoms with Crippen molar-refractivity contribution in [2.45, 2.75) is 33.2 Å². The molecule has 0 bridgehead atoms. The SMILES string of the molecule is Cc1noc2c1-c1sc(C)c(C)c1C(c1ccc(Cl)cc1)=N[C@H]2CC(=O)O. The lowest BCUT2D eigenvalue weighted by molar-refractivity contribution is -0.137. The fraction of sp³-hybridized carbons (Fsp3) is 0.250. The molecule has 3 aromatic rings. The third-order valence-corrected chi connectivity index (χ3v) is 6.29. The van der Waals surface area contributed by atoms with Crippen LogP contribution in [0, 0.1) is 20.8 Å². The molecular formula is C20H17ClN2O3S. The molecule has 0 amide bonds. The Kier molecular flexibility index (Phi) is 4.40. The van der Waals surface area contributed by atoms with Gasteiger partial charge in [0.2, 0.25) is 0 Å². The smallest absolute Gasteiger partial charge is 0.306 e. The monoisotopic (exact) mass is 400 g/mol. The third-order valence-electron chi connectivity index (χ3n) is 4.81. The van der Waals surface area contributed by atoms with Gasteiger partial charge in [-0.05, 0) is 38.5 Å². The minimum absolute atomic E-state index is 0.161. The molecule has 0 radical (unpaired) electrons. The number of aliphatic carboxylic acids is 1. The van der Waals surface area contributed by atoms with Crippen LogP contribution in [0.1, 0.15) is 45.5 Å². The van der Waals surface area contributed by atoms with Crippen LogP contribution in [-0.4, -0.2) is 21.9 Å². The van der Waals surface area contributed by atoms with Gasteiger partial charge in [-0.1, -0.05) is 28.9 Å². The standard InChI is InChI=1S/C20H17ClN2O3S/c1-9-11(3)27-20-16(9)18(12-4-6-13(21)7-5-12)22-14(8-15(24)25)19-17(20)10(2)23-26-19/h4-7,14H,8H2,1-3H3,(H,24,25)/t14-/m0/s1. The second-order valence-corrected chi connectivity index (χ2v) is 8.25. The first kappa shape index (κ1) is 17.9. The van der Waals surface area contributed by atoms with Crippen molar-refractivity contribution in [3.05, 3.63) is 62.3 Å². The van der Waals surface area contributed by atoms with Gasteiger partial charge in [-0.25, -0.2) is 0 Å². The average molecular weight is 401 g/mol. The number of carboxylic acid groups (broad SMARTS) is 1. The van der Waals surface area contributed by atoms with Crippen molar-refractivity contribution < 1.29 is 14.4 Å². The van der Waals surface area contributed by atoms with Gasteiger partial charge in [0, 0.05) is 25.9 Å². The van der Waals surface area contributed by atoms with Gasteiger partial charge in [0.1, 0.15) is 6.04 Å². The van der Waals surface area contributed by atoms with Crippen molar-refractivity contribution in [2.75, 3.05) is 0 Å². The molecule has 7 heteroatoms. The summed E-state index contributed by atoms with van der Waals surface area (Å²) < 4.78 is 5.55. The number of halogens is 1. The Morgan fingerprint density at radius 1 is 1.22 bits per heavy atom. The van der Waals surface area contributed by atoms with E-state index in [4.69, 9.17) is 21.1 Å². The first-order valence-corrected chi connectivity index (χ1v) is 9.68. The number of benzene rings is 1. The zero-order valence-electron chi connectivity index (χ0n) is 15.0. The van der Waals surface area contributed by atoms with Gasteiger partial charge in [0.25, 0.3) is 0 Å². The van der Waals surface area contributed by atoms with Gasteiger partial charge >= 0.3 is 5.97 Å². The highest BCUT2D eigenvalue weighted by molar-refractivity contribution is 7.16. The molecular weight excluding hydrogens is 384 g/mol. The summed E-state index contributed by atoms with van der Waals surface area (Å²) in [5.41, 5.74) is 5.42. The van der Waals surface area contributed by atoms with Crippen LogP contribution >= 0.6 is 22.9 Å². The number of rotatable bonds is 3. The molecule has 138 valence electrons. The fourth-order valence-corrected chi connectivity index (χ4v) is 4.78. The third kappa shape index (κ3) is 2.99. The molecule has 1 N–H and O–H groups in total. The maximum Gasteiger partial charge on any atom is 0.306 e. The fourth-order valence-electron chi connectivity index (χ4n) is 3.39. The summed E-state index contributed by atoms with van der Waals surface area (Å²) in [7, 11) is 0. The molecule has 3 heterocycles. The van der Waals surface area contributed by atoms with Crippen molar-refractivity contribution in [3.63, 3.8) is 0 Å². The van der Waals surface area contributed by atoms with Crippen molar-refractivity contribution in [3.8, 4) is 10.4 Å².